The van der Waals surface area contributed by atoms with Gasteiger partial charge in [-0.1, -0.05) is 56.3 Å². The van der Waals surface area contributed by atoms with Crippen LogP contribution in [0.15, 0.2) is 60.8 Å². The lowest BCUT2D eigenvalue weighted by Crippen LogP contribution is -2.54. The molecule has 3 aliphatic heterocycles. The molecule has 5 N–H and O–H groups in total. The van der Waals surface area contributed by atoms with E-state index in [2.05, 4.69) is 55.9 Å². The summed E-state index contributed by atoms with van der Waals surface area (Å²) in [7, 11) is 2.72. The van der Waals surface area contributed by atoms with Crippen LogP contribution in [0.1, 0.15) is 63.8 Å². The number of fused-ring (bicyclic) bond motifs is 3. The second kappa shape index (κ2) is 16.5. The van der Waals surface area contributed by atoms with Crippen molar-refractivity contribution in [1.29, 1.82) is 0 Å². The summed E-state index contributed by atoms with van der Waals surface area (Å²) in [6.07, 6.45) is 1.04. The molecule has 4 amide bonds. The number of alkyl carbamates (subject to hydrolysis) is 1. The van der Waals surface area contributed by atoms with E-state index in [0.29, 0.717) is 37.8 Å². The lowest BCUT2D eigenvalue weighted by Gasteiger charge is -2.30. The smallest absolute Gasteiger partial charge is 0.407 e. The van der Waals surface area contributed by atoms with Crippen molar-refractivity contribution in [3.8, 4) is 22.4 Å². The van der Waals surface area contributed by atoms with E-state index in [1.807, 2.05) is 38.1 Å². The van der Waals surface area contributed by atoms with E-state index in [9.17, 15) is 24.3 Å². The summed E-state index contributed by atoms with van der Waals surface area (Å²) in [5.41, 5.74) is 5.36. The predicted octanol–water partition coefficient (Wildman–Crippen LogP) is 5.50. The van der Waals surface area contributed by atoms with Gasteiger partial charge >= 0.3 is 12.2 Å². The molecule has 8 rings (SSSR count). The minimum Gasteiger partial charge on any atom is -0.465 e. The number of nitrogens with zero attached hydrogens (tertiary/aromatic N) is 4. The third kappa shape index (κ3) is 7.75. The molecule has 17 nitrogen and oxygen atoms in total. The minimum absolute atomic E-state index is 0.154. The van der Waals surface area contributed by atoms with Crippen molar-refractivity contribution in [2.45, 2.75) is 76.1 Å². The zero-order valence-corrected chi connectivity index (χ0v) is 34.2. The van der Waals surface area contributed by atoms with Gasteiger partial charge in [0.1, 0.15) is 23.7 Å². The Morgan fingerprint density at radius 2 is 1.58 bits per heavy atom. The monoisotopic (exact) mass is 822 g/mol. The van der Waals surface area contributed by atoms with Crippen LogP contribution >= 0.6 is 0 Å². The first kappa shape index (κ1) is 40.7. The number of methoxy groups -OCH3 is 2. The van der Waals surface area contributed by atoms with Gasteiger partial charge in [-0.2, -0.15) is 0 Å². The summed E-state index contributed by atoms with van der Waals surface area (Å²) in [5.74, 6) is -0.554. The van der Waals surface area contributed by atoms with E-state index in [0.717, 1.165) is 57.0 Å². The zero-order valence-electron chi connectivity index (χ0n) is 34.2. The maximum absolute atomic E-state index is 14.2. The van der Waals surface area contributed by atoms with Crippen LogP contribution in [0.3, 0.4) is 0 Å². The number of H-pyrrole nitrogens is 2. The highest BCUT2D eigenvalue weighted by atomic mass is 16.7. The SMILES string of the molecule is COC(=O)N[C@H](C(=O)N1CC2(C[C@H]1c1nc3c(ccc4cc(-c5ccc(-c6cnc([C@@H]7CCCN7C(=O)[C@@H](NC(=O)O)C(C)C)[nH]6)cc5)ccc43)[nH]1)OCCO2)[C@@H](C)OC. The van der Waals surface area contributed by atoms with Crippen molar-refractivity contribution in [2.75, 3.05) is 40.5 Å². The molecule has 0 bridgehead atoms. The number of aromatic nitrogens is 4. The molecule has 17 heteroatoms. The van der Waals surface area contributed by atoms with Gasteiger partial charge in [0.2, 0.25) is 11.8 Å². The second-order valence-corrected chi connectivity index (χ2v) is 16.0. The van der Waals surface area contributed by atoms with Gasteiger partial charge < -0.3 is 54.5 Å². The summed E-state index contributed by atoms with van der Waals surface area (Å²) >= 11 is 0. The van der Waals surface area contributed by atoms with Crippen LogP contribution < -0.4 is 10.6 Å². The number of imidazole rings is 2. The highest BCUT2D eigenvalue weighted by Crippen LogP contribution is 2.43. The summed E-state index contributed by atoms with van der Waals surface area (Å²) in [6.45, 7) is 6.87. The van der Waals surface area contributed by atoms with Crippen LogP contribution in [0, 0.1) is 5.92 Å². The molecule has 3 aliphatic rings. The first-order chi connectivity index (χ1) is 28.9. The second-order valence-electron chi connectivity index (χ2n) is 16.0. The van der Waals surface area contributed by atoms with E-state index in [-0.39, 0.29) is 30.3 Å². The number of ether oxygens (including phenoxy) is 4. The van der Waals surface area contributed by atoms with Crippen LogP contribution in [0.4, 0.5) is 9.59 Å². The molecule has 0 unspecified atom stereocenters. The average Bonchev–Trinajstić information content (AvgIpc) is 4.11. The van der Waals surface area contributed by atoms with Crippen LogP contribution in [0.5, 0.6) is 0 Å². The molecular formula is C43H50N8O9. The molecule has 60 heavy (non-hydrogen) atoms. The molecule has 3 fully saturated rings. The highest BCUT2D eigenvalue weighted by molar-refractivity contribution is 6.05. The maximum Gasteiger partial charge on any atom is 0.407 e. The van der Waals surface area contributed by atoms with Crippen molar-refractivity contribution in [2.24, 2.45) is 5.92 Å². The number of carbonyl (C=O) groups is 4. The fraction of sp³-hybridized carbons (Fsp3) is 0.442. The van der Waals surface area contributed by atoms with Gasteiger partial charge in [0.15, 0.2) is 5.79 Å². The van der Waals surface area contributed by atoms with Crippen molar-refractivity contribution in [1.82, 2.24) is 40.4 Å². The molecular weight excluding hydrogens is 773 g/mol. The number of rotatable bonds is 11. The molecule has 5 heterocycles. The van der Waals surface area contributed by atoms with Crippen LogP contribution in [0.25, 0.3) is 44.2 Å². The Labute approximate surface area is 346 Å². The quantitative estimate of drug-likeness (QED) is 0.112. The topological polar surface area (TPSA) is 213 Å². The van der Waals surface area contributed by atoms with Crippen molar-refractivity contribution in [3.63, 3.8) is 0 Å². The van der Waals surface area contributed by atoms with E-state index in [4.69, 9.17) is 23.9 Å². The van der Waals surface area contributed by atoms with E-state index in [1.165, 1.54) is 14.2 Å². The molecule has 0 saturated carbocycles. The van der Waals surface area contributed by atoms with Gasteiger partial charge in [0.25, 0.3) is 0 Å². The van der Waals surface area contributed by atoms with Gasteiger partial charge in [-0.3, -0.25) is 9.59 Å². The summed E-state index contributed by atoms with van der Waals surface area (Å²) < 4.78 is 22.4. The number of benzene rings is 3. The van der Waals surface area contributed by atoms with Gasteiger partial charge in [-0.25, -0.2) is 19.6 Å². The number of hydrogen-bond acceptors (Lipinski definition) is 10. The van der Waals surface area contributed by atoms with Crippen molar-refractivity contribution < 1.29 is 43.2 Å². The summed E-state index contributed by atoms with van der Waals surface area (Å²) in [5, 5.41) is 16.3. The van der Waals surface area contributed by atoms with Gasteiger partial charge in [0, 0.05) is 25.5 Å². The lowest BCUT2D eigenvalue weighted by atomic mass is 9.99. The van der Waals surface area contributed by atoms with E-state index < -0.39 is 42.2 Å². The average molecular weight is 823 g/mol. The fourth-order valence-electron chi connectivity index (χ4n) is 8.69. The summed E-state index contributed by atoms with van der Waals surface area (Å²) in [4.78, 5) is 71.2. The van der Waals surface area contributed by atoms with Crippen molar-refractivity contribution >= 4 is 45.8 Å². The molecule has 1 spiro atoms. The number of aromatic amines is 2. The first-order valence-corrected chi connectivity index (χ1v) is 20.2. The molecule has 0 radical (unpaired) electrons. The molecule has 316 valence electrons. The predicted molar refractivity (Wildman–Crippen MR) is 220 cm³/mol. The zero-order chi connectivity index (χ0) is 42.3. The number of amides is 4. The third-order valence-electron chi connectivity index (χ3n) is 11.9. The number of hydrogen-bond donors (Lipinski definition) is 5. The Morgan fingerprint density at radius 3 is 2.28 bits per heavy atom. The molecule has 2 aromatic heterocycles. The van der Waals surface area contributed by atoms with Crippen LogP contribution in [-0.2, 0) is 28.5 Å². The summed E-state index contributed by atoms with van der Waals surface area (Å²) in [6, 6.07) is 15.8. The molecule has 3 saturated heterocycles. The first-order valence-electron chi connectivity index (χ1n) is 20.2. The van der Waals surface area contributed by atoms with E-state index >= 15 is 0 Å². The number of likely N-dealkylation sites (tertiary alicyclic amines) is 2. The maximum atomic E-state index is 14.2. The Morgan fingerprint density at radius 1 is 0.867 bits per heavy atom. The van der Waals surface area contributed by atoms with Crippen LogP contribution in [-0.4, -0.2) is 123 Å². The fourth-order valence-corrected chi connectivity index (χ4v) is 8.69. The van der Waals surface area contributed by atoms with Crippen LogP contribution in [0.2, 0.25) is 0 Å². The molecule has 5 atom stereocenters. The Bertz CT molecular complexity index is 2410. The van der Waals surface area contributed by atoms with Gasteiger partial charge in [-0.15, -0.1) is 0 Å². The minimum atomic E-state index is -1.22. The largest absolute Gasteiger partial charge is 0.465 e. The molecule has 3 aromatic carbocycles. The third-order valence-corrected chi connectivity index (χ3v) is 11.9. The number of carboxylic acid groups (broad SMARTS) is 1. The number of carbonyl (C=O) groups excluding carboxylic acids is 3. The standard InChI is InChI=1S/C43H50N8O9/c1-23(2)34(48-41(54)55)39(52)50-16-6-7-32(50)37-44-21-31(46-37)26-10-8-25(9-11-26)27-12-14-29-28(19-27)13-15-30-36(29)47-38(45-30)33-20-43(59-17-18-60-43)22-51(33)40(53)35(24(3)57-4)49-42(56)58-5/h8-15,19,21,23-24,32-35,48H,6-7,16-18,20,22H2,1-5H3,(H,44,46)(H,45,47)(H,49,56)(H,54,55)/t24-,32+,33+,34+,35+/m1/s1. The Balaban J connectivity index is 1.02. The lowest BCUT2D eigenvalue weighted by molar-refractivity contribution is -0.154. The Hall–Kier alpha value is -6.04. The normalized spacial score (nSPS) is 20.2. The van der Waals surface area contributed by atoms with Crippen molar-refractivity contribution in [3.05, 3.63) is 72.4 Å². The molecule has 0 aliphatic carbocycles. The van der Waals surface area contributed by atoms with E-state index in [1.54, 1.807) is 22.9 Å². The highest BCUT2D eigenvalue weighted by Gasteiger charge is 2.53. The molecule has 5 aromatic rings. The number of nitrogens with one attached hydrogen (secondary N) is 4. The Kier molecular flexibility index (Phi) is 11.2. The van der Waals surface area contributed by atoms with Gasteiger partial charge in [-0.05, 0) is 59.9 Å². The van der Waals surface area contributed by atoms with Gasteiger partial charge in [0.05, 0.1) is 68.0 Å².